The van der Waals surface area contributed by atoms with Gasteiger partial charge in [0.05, 0.1) is 6.42 Å². The summed E-state index contributed by atoms with van der Waals surface area (Å²) in [4.78, 5) is 10.5. The van der Waals surface area contributed by atoms with E-state index in [4.69, 9.17) is 16.7 Å². The summed E-state index contributed by atoms with van der Waals surface area (Å²) in [5, 5.41) is 8.83. The molecule has 0 bridgehead atoms. The number of ether oxygens (including phenoxy) is 1. The molecule has 16 heavy (non-hydrogen) atoms. The normalized spacial score (nSPS) is 10.6. The van der Waals surface area contributed by atoms with Crippen LogP contribution in [0.2, 0.25) is 5.02 Å². The van der Waals surface area contributed by atoms with Crippen molar-refractivity contribution in [2.24, 2.45) is 0 Å². The van der Waals surface area contributed by atoms with Crippen molar-refractivity contribution < 1.29 is 23.4 Å². The molecule has 0 saturated heterocycles. The van der Waals surface area contributed by atoms with Crippen molar-refractivity contribution in [1.29, 1.82) is 0 Å². The molecule has 1 aromatic rings. The molecule has 6 heteroatoms. The third-order valence-electron chi connectivity index (χ3n) is 1.99. The summed E-state index contributed by atoms with van der Waals surface area (Å²) in [5.74, 6) is -1.20. The third kappa shape index (κ3) is 3.34. The number of aliphatic carboxylic acids is 1. The number of carboxylic acid groups (broad SMARTS) is 1. The first-order chi connectivity index (χ1) is 7.40. The zero-order valence-electron chi connectivity index (χ0n) is 8.34. The predicted molar refractivity (Wildman–Crippen MR) is 54.2 cm³/mol. The van der Waals surface area contributed by atoms with Gasteiger partial charge in [0.25, 0.3) is 0 Å². The highest BCUT2D eigenvalue weighted by Gasteiger charge is 2.12. The molecule has 0 aromatic heterocycles. The fourth-order valence-electron chi connectivity index (χ4n) is 1.23. The molecule has 1 rings (SSSR count). The van der Waals surface area contributed by atoms with Gasteiger partial charge in [-0.25, -0.2) is 0 Å². The summed E-state index contributed by atoms with van der Waals surface area (Å²) in [6, 6.07) is 2.48. The van der Waals surface area contributed by atoms with Gasteiger partial charge < -0.3 is 9.84 Å². The second kappa shape index (κ2) is 5.12. The smallest absolute Gasteiger partial charge is 0.387 e. The Morgan fingerprint density at radius 3 is 2.69 bits per heavy atom. The van der Waals surface area contributed by atoms with Crippen LogP contribution in [-0.4, -0.2) is 17.7 Å². The van der Waals surface area contributed by atoms with Gasteiger partial charge in [-0.3, -0.25) is 4.79 Å². The van der Waals surface area contributed by atoms with E-state index < -0.39 is 12.6 Å². The van der Waals surface area contributed by atoms with Crippen molar-refractivity contribution in [2.75, 3.05) is 0 Å². The fraction of sp³-hybridized carbons (Fsp3) is 0.300. The largest absolute Gasteiger partial charge is 0.481 e. The van der Waals surface area contributed by atoms with Gasteiger partial charge in [0.2, 0.25) is 0 Å². The average Bonchev–Trinajstić information content (AvgIpc) is 2.11. The molecular weight excluding hydrogens is 242 g/mol. The van der Waals surface area contributed by atoms with Crippen molar-refractivity contribution in [2.45, 2.75) is 20.0 Å². The Morgan fingerprint density at radius 1 is 1.56 bits per heavy atom. The van der Waals surface area contributed by atoms with Crippen molar-refractivity contribution in [3.63, 3.8) is 0 Å². The van der Waals surface area contributed by atoms with Crippen LogP contribution in [0.3, 0.4) is 0 Å². The highest BCUT2D eigenvalue weighted by atomic mass is 35.5. The lowest BCUT2D eigenvalue weighted by molar-refractivity contribution is -0.136. The molecule has 1 aromatic carbocycles. The minimum absolute atomic E-state index is 0.137. The standard InChI is InChI=1S/C10H9ClF2O3/c1-5-6(3-9(14)15)2-7(4-8(5)11)16-10(12)13/h2,4,10H,3H2,1H3,(H,14,15). The zero-order chi connectivity index (χ0) is 12.3. The molecule has 0 aliphatic rings. The van der Waals surface area contributed by atoms with Gasteiger partial charge in [-0.2, -0.15) is 8.78 Å². The Bertz CT molecular complexity index is 407. The van der Waals surface area contributed by atoms with E-state index in [0.717, 1.165) is 0 Å². The molecular formula is C10H9ClF2O3. The second-order valence-corrected chi connectivity index (χ2v) is 3.55. The molecule has 0 radical (unpaired) electrons. The van der Waals surface area contributed by atoms with Crippen molar-refractivity contribution in [3.8, 4) is 5.75 Å². The van der Waals surface area contributed by atoms with Crippen LogP contribution in [0, 0.1) is 6.92 Å². The molecule has 0 aliphatic heterocycles. The predicted octanol–water partition coefficient (Wildman–Crippen LogP) is 2.88. The highest BCUT2D eigenvalue weighted by Crippen LogP contribution is 2.27. The van der Waals surface area contributed by atoms with Gasteiger partial charge in [-0.05, 0) is 30.2 Å². The van der Waals surface area contributed by atoms with Crippen molar-refractivity contribution >= 4 is 17.6 Å². The lowest BCUT2D eigenvalue weighted by Crippen LogP contribution is -2.06. The fourth-order valence-corrected chi connectivity index (χ4v) is 1.45. The Morgan fingerprint density at radius 2 is 2.19 bits per heavy atom. The van der Waals surface area contributed by atoms with E-state index in [-0.39, 0.29) is 17.2 Å². The van der Waals surface area contributed by atoms with E-state index in [1.54, 1.807) is 6.92 Å². The quantitative estimate of drug-likeness (QED) is 0.894. The molecule has 0 aliphatic carbocycles. The molecule has 0 amide bonds. The van der Waals surface area contributed by atoms with Crippen LogP contribution >= 0.6 is 11.6 Å². The van der Waals surface area contributed by atoms with Crippen molar-refractivity contribution in [1.82, 2.24) is 0 Å². The van der Waals surface area contributed by atoms with Gasteiger partial charge in [-0.15, -0.1) is 0 Å². The number of hydrogen-bond donors (Lipinski definition) is 1. The van der Waals surface area contributed by atoms with E-state index in [1.807, 2.05) is 0 Å². The lowest BCUT2D eigenvalue weighted by Gasteiger charge is -2.10. The maximum atomic E-state index is 12.0. The zero-order valence-corrected chi connectivity index (χ0v) is 9.09. The van der Waals surface area contributed by atoms with Crippen LogP contribution in [0.4, 0.5) is 8.78 Å². The summed E-state index contributed by atoms with van der Waals surface area (Å²) < 4.78 is 28.1. The Balaban J connectivity index is 3.06. The number of carbonyl (C=O) groups is 1. The van der Waals surface area contributed by atoms with Gasteiger partial charge in [-0.1, -0.05) is 11.6 Å². The molecule has 0 saturated carbocycles. The summed E-state index contributed by atoms with van der Waals surface area (Å²) in [6.45, 7) is -1.34. The first-order valence-corrected chi connectivity index (χ1v) is 4.73. The summed E-state index contributed by atoms with van der Waals surface area (Å²) in [6.07, 6.45) is -0.286. The monoisotopic (exact) mass is 250 g/mol. The van der Waals surface area contributed by atoms with E-state index in [0.29, 0.717) is 11.1 Å². The first kappa shape index (κ1) is 12.7. The number of hydrogen-bond acceptors (Lipinski definition) is 2. The second-order valence-electron chi connectivity index (χ2n) is 3.14. The van der Waals surface area contributed by atoms with E-state index in [9.17, 15) is 13.6 Å². The Hall–Kier alpha value is -1.36. The summed E-state index contributed by atoms with van der Waals surface area (Å²) in [7, 11) is 0. The van der Waals surface area contributed by atoms with Gasteiger partial charge in [0, 0.05) is 5.02 Å². The SMILES string of the molecule is Cc1c(Cl)cc(OC(F)F)cc1CC(=O)O. The van der Waals surface area contributed by atoms with Crippen LogP contribution in [0.5, 0.6) is 5.75 Å². The van der Waals surface area contributed by atoms with Gasteiger partial charge in [0.15, 0.2) is 0 Å². The van der Waals surface area contributed by atoms with Crippen LogP contribution in [-0.2, 0) is 11.2 Å². The van der Waals surface area contributed by atoms with Gasteiger partial charge >= 0.3 is 12.6 Å². The molecule has 1 N–H and O–H groups in total. The number of alkyl halides is 2. The summed E-state index contributed by atoms with van der Waals surface area (Å²) >= 11 is 5.77. The van der Waals surface area contributed by atoms with Gasteiger partial charge in [0.1, 0.15) is 5.75 Å². The Labute approximate surface area is 95.6 Å². The number of carboxylic acids is 1. The van der Waals surface area contributed by atoms with Crippen LogP contribution in [0.15, 0.2) is 12.1 Å². The topological polar surface area (TPSA) is 46.5 Å². The number of halogens is 3. The average molecular weight is 251 g/mol. The minimum atomic E-state index is -2.96. The molecule has 0 atom stereocenters. The maximum Gasteiger partial charge on any atom is 0.387 e. The third-order valence-corrected chi connectivity index (χ3v) is 2.38. The molecule has 0 spiro atoms. The molecule has 0 unspecified atom stereocenters. The van der Waals surface area contributed by atoms with Crippen LogP contribution in [0.1, 0.15) is 11.1 Å². The van der Waals surface area contributed by atoms with Crippen LogP contribution < -0.4 is 4.74 Å². The van der Waals surface area contributed by atoms with E-state index in [1.165, 1.54) is 12.1 Å². The molecule has 88 valence electrons. The Kier molecular flexibility index (Phi) is 4.06. The first-order valence-electron chi connectivity index (χ1n) is 4.35. The van der Waals surface area contributed by atoms with E-state index >= 15 is 0 Å². The lowest BCUT2D eigenvalue weighted by atomic mass is 10.1. The maximum absolute atomic E-state index is 12.0. The molecule has 3 nitrogen and oxygen atoms in total. The van der Waals surface area contributed by atoms with E-state index in [2.05, 4.69) is 4.74 Å². The van der Waals surface area contributed by atoms with Crippen LogP contribution in [0.25, 0.3) is 0 Å². The molecule has 0 fully saturated rings. The van der Waals surface area contributed by atoms with Crippen molar-refractivity contribution in [3.05, 3.63) is 28.3 Å². The minimum Gasteiger partial charge on any atom is -0.481 e. The number of benzene rings is 1. The summed E-state index contributed by atoms with van der Waals surface area (Å²) in [5.41, 5.74) is 0.904. The number of rotatable bonds is 4. The highest BCUT2D eigenvalue weighted by molar-refractivity contribution is 6.31. The molecule has 0 heterocycles.